The van der Waals surface area contributed by atoms with Crippen LogP contribution in [0.25, 0.3) is 0 Å². The summed E-state index contributed by atoms with van der Waals surface area (Å²) in [5, 5.41) is 10.9. The highest BCUT2D eigenvalue weighted by atomic mass is 16.9. The Hall–Kier alpha value is -1.66. The number of amides is 2. The van der Waals surface area contributed by atoms with Crippen LogP contribution >= 0.6 is 0 Å². The molecule has 0 spiro atoms. The highest BCUT2D eigenvalue weighted by Gasteiger charge is 2.29. The summed E-state index contributed by atoms with van der Waals surface area (Å²) >= 11 is 0. The summed E-state index contributed by atoms with van der Waals surface area (Å²) in [6.07, 6.45) is 0.290. The maximum atomic E-state index is 10.9. The Labute approximate surface area is 73.2 Å². The minimum atomic E-state index is -0.922. The van der Waals surface area contributed by atoms with E-state index in [1.807, 2.05) is 0 Å². The van der Waals surface area contributed by atoms with Gasteiger partial charge in [-0.1, -0.05) is 0 Å². The van der Waals surface area contributed by atoms with E-state index in [1.165, 1.54) is 0 Å². The summed E-state index contributed by atoms with van der Waals surface area (Å²) in [6, 6.07) is 0. The molecule has 1 rings (SSSR count). The van der Waals surface area contributed by atoms with Gasteiger partial charge in [0.2, 0.25) is 11.8 Å². The summed E-state index contributed by atoms with van der Waals surface area (Å²) in [6.45, 7) is -0.154. The largest absolute Gasteiger partial charge is 0.314 e. The van der Waals surface area contributed by atoms with Gasteiger partial charge in [-0.25, -0.2) is 0 Å². The number of imide groups is 1. The second-order valence-electron chi connectivity index (χ2n) is 2.66. The van der Waals surface area contributed by atoms with E-state index >= 15 is 0 Å². The number of nitrogens with one attached hydrogen (secondary N) is 1. The molecule has 0 radical (unpaired) electrons. The van der Waals surface area contributed by atoms with Crippen molar-refractivity contribution in [2.24, 2.45) is 5.92 Å². The van der Waals surface area contributed by atoms with E-state index in [2.05, 4.69) is 10.2 Å². The van der Waals surface area contributed by atoms with Crippen molar-refractivity contribution in [1.82, 2.24) is 5.32 Å². The molecule has 2 amide bonds. The Morgan fingerprint density at radius 3 is 2.77 bits per heavy atom. The standard InChI is InChI=1S/C6H8N2O5/c9-5-3-4(6(10)7-5)1-2-13-8(11)12/h4H,1-3H2,(H,7,9,10). The first kappa shape index (κ1) is 9.43. The van der Waals surface area contributed by atoms with Gasteiger partial charge in [-0.3, -0.25) is 14.9 Å². The van der Waals surface area contributed by atoms with Crippen LogP contribution in [0, 0.1) is 16.0 Å². The molecule has 1 atom stereocenters. The lowest BCUT2D eigenvalue weighted by Gasteiger charge is -2.02. The summed E-state index contributed by atoms with van der Waals surface area (Å²) in [7, 11) is 0. The topological polar surface area (TPSA) is 98.5 Å². The van der Waals surface area contributed by atoms with E-state index in [0.717, 1.165) is 0 Å². The third kappa shape index (κ3) is 2.69. The molecule has 0 aromatic rings. The quantitative estimate of drug-likeness (QED) is 0.355. The van der Waals surface area contributed by atoms with Gasteiger partial charge in [-0.05, 0) is 6.42 Å². The predicted octanol–water partition coefficient (Wildman–Crippen LogP) is -0.753. The van der Waals surface area contributed by atoms with Gasteiger partial charge < -0.3 is 4.84 Å². The number of nitrogens with zero attached hydrogens (tertiary/aromatic N) is 1. The first-order valence-electron chi connectivity index (χ1n) is 3.70. The summed E-state index contributed by atoms with van der Waals surface area (Å²) in [5.74, 6) is -1.19. The van der Waals surface area contributed by atoms with Gasteiger partial charge in [0, 0.05) is 12.3 Å². The van der Waals surface area contributed by atoms with E-state index in [9.17, 15) is 19.7 Å². The molecule has 1 N–H and O–H groups in total. The molecule has 72 valence electrons. The van der Waals surface area contributed by atoms with Crippen molar-refractivity contribution in [3.05, 3.63) is 10.1 Å². The molecule has 1 saturated heterocycles. The van der Waals surface area contributed by atoms with E-state index in [-0.39, 0.29) is 31.3 Å². The number of hydrogen-bond donors (Lipinski definition) is 1. The van der Waals surface area contributed by atoms with Crippen molar-refractivity contribution in [2.75, 3.05) is 6.61 Å². The highest BCUT2D eigenvalue weighted by molar-refractivity contribution is 6.03. The zero-order valence-electron chi connectivity index (χ0n) is 6.69. The lowest BCUT2D eigenvalue weighted by molar-refractivity contribution is -0.758. The van der Waals surface area contributed by atoms with Crippen molar-refractivity contribution in [1.29, 1.82) is 0 Å². The third-order valence-corrected chi connectivity index (χ3v) is 1.73. The van der Waals surface area contributed by atoms with Crippen LogP contribution in [0.5, 0.6) is 0 Å². The normalized spacial score (nSPS) is 21.4. The predicted molar refractivity (Wildman–Crippen MR) is 38.8 cm³/mol. The Balaban J connectivity index is 2.26. The van der Waals surface area contributed by atoms with Crippen LogP contribution in [0.1, 0.15) is 12.8 Å². The Kier molecular flexibility index (Phi) is 2.78. The minimum absolute atomic E-state index is 0.0971. The lowest BCUT2D eigenvalue weighted by Crippen LogP contribution is -2.22. The van der Waals surface area contributed by atoms with Crippen LogP contribution < -0.4 is 5.32 Å². The monoisotopic (exact) mass is 188 g/mol. The highest BCUT2D eigenvalue weighted by Crippen LogP contribution is 2.14. The molecule has 7 nitrogen and oxygen atoms in total. The Morgan fingerprint density at radius 2 is 2.31 bits per heavy atom. The molecular weight excluding hydrogens is 180 g/mol. The maximum absolute atomic E-state index is 10.9. The van der Waals surface area contributed by atoms with Crippen molar-refractivity contribution < 1.29 is 19.5 Å². The number of carbonyl (C=O) groups excluding carboxylic acids is 2. The van der Waals surface area contributed by atoms with Gasteiger partial charge in [0.05, 0.1) is 6.61 Å². The second kappa shape index (κ2) is 3.83. The zero-order valence-corrected chi connectivity index (χ0v) is 6.69. The Bertz CT molecular complexity index is 251. The van der Waals surface area contributed by atoms with Gasteiger partial charge in [-0.2, -0.15) is 0 Å². The van der Waals surface area contributed by atoms with Crippen molar-refractivity contribution in [2.45, 2.75) is 12.8 Å². The number of rotatable bonds is 4. The fourth-order valence-corrected chi connectivity index (χ4v) is 1.11. The van der Waals surface area contributed by atoms with Crippen LogP contribution in [-0.4, -0.2) is 23.5 Å². The minimum Gasteiger partial charge on any atom is -0.314 e. The van der Waals surface area contributed by atoms with Crippen molar-refractivity contribution in [3.63, 3.8) is 0 Å². The van der Waals surface area contributed by atoms with Gasteiger partial charge in [-0.15, -0.1) is 10.1 Å². The average Bonchev–Trinajstić information content (AvgIpc) is 2.29. The molecule has 13 heavy (non-hydrogen) atoms. The lowest BCUT2D eigenvalue weighted by atomic mass is 10.1. The zero-order chi connectivity index (χ0) is 9.84. The van der Waals surface area contributed by atoms with Crippen LogP contribution in [-0.2, 0) is 14.4 Å². The SMILES string of the molecule is O=C1CC(CCO[N+](=O)[O-])C(=O)N1. The van der Waals surface area contributed by atoms with E-state index < -0.39 is 11.0 Å². The summed E-state index contributed by atoms with van der Waals surface area (Å²) < 4.78 is 0. The third-order valence-electron chi connectivity index (χ3n) is 1.73. The smallest absolute Gasteiger partial charge is 0.294 e. The number of hydrogen-bond acceptors (Lipinski definition) is 5. The van der Waals surface area contributed by atoms with Gasteiger partial charge >= 0.3 is 0 Å². The molecule has 0 aromatic carbocycles. The fourth-order valence-electron chi connectivity index (χ4n) is 1.11. The van der Waals surface area contributed by atoms with Crippen LogP contribution in [0.3, 0.4) is 0 Å². The summed E-state index contributed by atoms with van der Waals surface area (Å²) in [4.78, 5) is 35.3. The van der Waals surface area contributed by atoms with E-state index in [0.29, 0.717) is 0 Å². The van der Waals surface area contributed by atoms with E-state index in [1.54, 1.807) is 0 Å². The molecule has 1 aliphatic rings. The molecule has 0 saturated carbocycles. The molecule has 1 heterocycles. The van der Waals surface area contributed by atoms with Gasteiger partial charge in [0.1, 0.15) is 0 Å². The molecule has 7 heteroatoms. The van der Waals surface area contributed by atoms with Crippen molar-refractivity contribution in [3.8, 4) is 0 Å². The maximum Gasteiger partial charge on any atom is 0.294 e. The van der Waals surface area contributed by atoms with Crippen LogP contribution in [0.15, 0.2) is 0 Å². The second-order valence-corrected chi connectivity index (χ2v) is 2.66. The number of carbonyl (C=O) groups is 2. The molecule has 1 fully saturated rings. The van der Waals surface area contributed by atoms with Gasteiger partial charge in [0.15, 0.2) is 0 Å². The molecule has 0 aromatic heterocycles. The van der Waals surface area contributed by atoms with Crippen LogP contribution in [0.4, 0.5) is 0 Å². The molecule has 0 aliphatic carbocycles. The molecule has 1 unspecified atom stereocenters. The average molecular weight is 188 g/mol. The van der Waals surface area contributed by atoms with Crippen molar-refractivity contribution >= 4 is 11.8 Å². The molecule has 1 aliphatic heterocycles. The molecule has 0 bridgehead atoms. The fraction of sp³-hybridized carbons (Fsp3) is 0.667. The Morgan fingerprint density at radius 1 is 1.62 bits per heavy atom. The first-order valence-corrected chi connectivity index (χ1v) is 3.70. The first-order chi connectivity index (χ1) is 6.09. The summed E-state index contributed by atoms with van der Waals surface area (Å²) in [5.41, 5.74) is 0. The van der Waals surface area contributed by atoms with Crippen LogP contribution in [0.2, 0.25) is 0 Å². The molecular formula is C6H8N2O5. The van der Waals surface area contributed by atoms with Gasteiger partial charge in [0.25, 0.3) is 5.09 Å². The van der Waals surface area contributed by atoms with E-state index in [4.69, 9.17) is 0 Å².